The van der Waals surface area contributed by atoms with Gasteiger partial charge in [0.2, 0.25) is 0 Å². The molecule has 0 amide bonds. The smallest absolute Gasteiger partial charge is 0.356 e. The maximum atomic E-state index is 12.4. The summed E-state index contributed by atoms with van der Waals surface area (Å²) >= 11 is 0. The van der Waals surface area contributed by atoms with Gasteiger partial charge in [-0.25, -0.2) is 4.79 Å². The number of aryl methyl sites for hydroxylation is 1. The SMILES string of the molecule is CCOP(=O)(CO[C@@H]1O[C@H](n2cc(C)c(=O)[nH]c2=O)C[C@H]1O)OCC. The van der Waals surface area contributed by atoms with Crippen LogP contribution in [0.5, 0.6) is 0 Å². The largest absolute Gasteiger partial charge is 0.388 e. The highest BCUT2D eigenvalue weighted by Gasteiger charge is 2.38. The van der Waals surface area contributed by atoms with Crippen LogP contribution in [0.25, 0.3) is 0 Å². The highest BCUT2D eigenvalue weighted by Crippen LogP contribution is 2.48. The highest BCUT2D eigenvalue weighted by molar-refractivity contribution is 7.53. The van der Waals surface area contributed by atoms with E-state index in [9.17, 15) is 19.3 Å². The third kappa shape index (κ3) is 4.87. The number of ether oxygens (including phenoxy) is 2. The summed E-state index contributed by atoms with van der Waals surface area (Å²) in [6.07, 6.45) is -1.92. The number of aromatic nitrogens is 2. The molecule has 0 aromatic carbocycles. The molecule has 0 radical (unpaired) electrons. The van der Waals surface area contributed by atoms with Crippen molar-refractivity contribution in [3.8, 4) is 0 Å². The normalized spacial score (nSPS) is 23.9. The van der Waals surface area contributed by atoms with Crippen LogP contribution in [-0.4, -0.2) is 46.6 Å². The van der Waals surface area contributed by atoms with Crippen LogP contribution in [0.3, 0.4) is 0 Å². The van der Waals surface area contributed by atoms with Crippen LogP contribution in [0.4, 0.5) is 0 Å². The van der Waals surface area contributed by atoms with Crippen molar-refractivity contribution >= 4 is 7.60 Å². The predicted molar refractivity (Wildman–Crippen MR) is 87.4 cm³/mol. The maximum Gasteiger partial charge on any atom is 0.356 e. The first-order valence-electron chi connectivity index (χ1n) is 7.95. The molecule has 1 aromatic heterocycles. The average molecular weight is 378 g/mol. The zero-order valence-corrected chi connectivity index (χ0v) is 15.2. The van der Waals surface area contributed by atoms with Crippen molar-refractivity contribution in [2.24, 2.45) is 0 Å². The first-order chi connectivity index (χ1) is 11.8. The van der Waals surface area contributed by atoms with Crippen molar-refractivity contribution in [1.29, 1.82) is 0 Å². The topological polar surface area (TPSA) is 129 Å². The standard InChI is InChI=1S/C14H23N2O8P/c1-4-22-25(20,23-5-2)8-21-13-10(17)6-11(24-13)16-7-9(3)12(18)15-14(16)19/h7,10-11,13,17H,4-6,8H2,1-3H3,(H,15,18,19)/t10-,11+,13-/m1/s1. The summed E-state index contributed by atoms with van der Waals surface area (Å²) in [5.41, 5.74) is -0.802. The second-order valence-corrected chi connectivity index (χ2v) is 7.48. The van der Waals surface area contributed by atoms with Crippen molar-refractivity contribution in [3.05, 3.63) is 32.6 Å². The van der Waals surface area contributed by atoms with E-state index in [0.717, 1.165) is 0 Å². The van der Waals surface area contributed by atoms with E-state index in [-0.39, 0.29) is 26.0 Å². The minimum atomic E-state index is -3.44. The fourth-order valence-electron chi connectivity index (χ4n) is 2.42. The summed E-state index contributed by atoms with van der Waals surface area (Å²) in [6, 6.07) is 0. The molecule has 142 valence electrons. The maximum absolute atomic E-state index is 12.4. The second kappa shape index (κ2) is 8.39. The number of aromatic amines is 1. The van der Waals surface area contributed by atoms with Crippen LogP contribution in [0.15, 0.2) is 15.8 Å². The van der Waals surface area contributed by atoms with E-state index in [1.54, 1.807) is 20.8 Å². The molecule has 2 N–H and O–H groups in total. The number of nitrogens with zero attached hydrogens (tertiary/aromatic N) is 1. The van der Waals surface area contributed by atoms with Gasteiger partial charge < -0.3 is 23.6 Å². The van der Waals surface area contributed by atoms with Crippen molar-refractivity contribution in [2.75, 3.05) is 19.6 Å². The molecule has 3 atom stereocenters. The van der Waals surface area contributed by atoms with Gasteiger partial charge in [0.15, 0.2) is 12.6 Å². The molecule has 1 fully saturated rings. The van der Waals surface area contributed by atoms with Gasteiger partial charge in [0.25, 0.3) is 5.56 Å². The minimum Gasteiger partial charge on any atom is -0.388 e. The number of aliphatic hydroxyl groups is 1. The lowest BCUT2D eigenvalue weighted by atomic mass is 10.2. The molecule has 0 spiro atoms. The van der Waals surface area contributed by atoms with Crippen LogP contribution in [0.2, 0.25) is 0 Å². The molecular formula is C14H23N2O8P. The Morgan fingerprint density at radius 2 is 2.00 bits per heavy atom. The van der Waals surface area contributed by atoms with E-state index in [0.29, 0.717) is 5.56 Å². The fraction of sp³-hybridized carbons (Fsp3) is 0.714. The Kier molecular flexibility index (Phi) is 6.72. The van der Waals surface area contributed by atoms with Crippen LogP contribution < -0.4 is 11.2 Å². The molecule has 0 unspecified atom stereocenters. The number of H-pyrrole nitrogens is 1. The average Bonchev–Trinajstić information content (AvgIpc) is 2.90. The van der Waals surface area contributed by atoms with Gasteiger partial charge in [0, 0.05) is 18.2 Å². The molecular weight excluding hydrogens is 355 g/mol. The van der Waals surface area contributed by atoms with Crippen molar-refractivity contribution in [2.45, 2.75) is 45.8 Å². The molecule has 10 nitrogen and oxygen atoms in total. The van der Waals surface area contributed by atoms with Gasteiger partial charge in [-0.1, -0.05) is 0 Å². The number of hydrogen-bond donors (Lipinski definition) is 2. The van der Waals surface area contributed by atoms with E-state index < -0.39 is 37.5 Å². The van der Waals surface area contributed by atoms with E-state index in [4.69, 9.17) is 18.5 Å². The summed E-state index contributed by atoms with van der Waals surface area (Å²) in [4.78, 5) is 25.5. The lowest BCUT2D eigenvalue weighted by molar-refractivity contribution is -0.169. The molecule has 11 heteroatoms. The molecule has 0 aliphatic carbocycles. The van der Waals surface area contributed by atoms with Crippen molar-refractivity contribution in [1.82, 2.24) is 9.55 Å². The molecule has 1 aliphatic rings. The molecule has 1 saturated heterocycles. The lowest BCUT2D eigenvalue weighted by Gasteiger charge is -2.21. The van der Waals surface area contributed by atoms with Crippen LogP contribution in [-0.2, 0) is 23.1 Å². The molecule has 0 bridgehead atoms. The Balaban J connectivity index is 2.06. The van der Waals surface area contributed by atoms with Gasteiger partial charge in [-0.2, -0.15) is 0 Å². The monoisotopic (exact) mass is 378 g/mol. The minimum absolute atomic E-state index is 0.0730. The molecule has 1 aliphatic heterocycles. The molecule has 1 aromatic rings. The third-order valence-electron chi connectivity index (χ3n) is 3.55. The first-order valence-corrected chi connectivity index (χ1v) is 9.67. The highest BCUT2D eigenvalue weighted by atomic mass is 31.2. The Bertz CT molecular complexity index is 735. The van der Waals surface area contributed by atoms with E-state index in [1.165, 1.54) is 10.8 Å². The van der Waals surface area contributed by atoms with E-state index in [1.807, 2.05) is 0 Å². The lowest BCUT2D eigenvalue weighted by Crippen LogP contribution is -2.33. The summed E-state index contributed by atoms with van der Waals surface area (Å²) < 4.78 is 34.6. The summed E-state index contributed by atoms with van der Waals surface area (Å²) in [7, 11) is -3.44. The fourth-order valence-corrected chi connectivity index (χ4v) is 3.76. The van der Waals surface area contributed by atoms with Gasteiger partial charge in [0.1, 0.15) is 12.3 Å². The molecule has 25 heavy (non-hydrogen) atoms. The predicted octanol–water partition coefficient (Wildman–Crippen LogP) is 0.691. The Labute approximate surface area is 144 Å². The van der Waals surface area contributed by atoms with Gasteiger partial charge in [-0.15, -0.1) is 0 Å². The summed E-state index contributed by atoms with van der Waals surface area (Å²) in [5, 5.41) is 10.1. The van der Waals surface area contributed by atoms with Crippen LogP contribution in [0.1, 0.15) is 32.1 Å². The van der Waals surface area contributed by atoms with Gasteiger partial charge in [-0.3, -0.25) is 18.9 Å². The third-order valence-corrected chi connectivity index (χ3v) is 5.32. The van der Waals surface area contributed by atoms with Crippen molar-refractivity contribution in [3.63, 3.8) is 0 Å². The number of rotatable bonds is 8. The van der Waals surface area contributed by atoms with Gasteiger partial charge >= 0.3 is 13.3 Å². The van der Waals surface area contributed by atoms with E-state index in [2.05, 4.69) is 4.98 Å². The number of aliphatic hydroxyl groups excluding tert-OH is 1. The second-order valence-electron chi connectivity index (χ2n) is 5.48. The molecule has 0 saturated carbocycles. The Hall–Kier alpha value is -1.29. The van der Waals surface area contributed by atoms with Crippen molar-refractivity contribution < 1.29 is 28.2 Å². The van der Waals surface area contributed by atoms with Crippen LogP contribution in [0, 0.1) is 6.92 Å². The summed E-state index contributed by atoms with van der Waals surface area (Å²) in [6.45, 7) is 5.27. The number of nitrogens with one attached hydrogen (secondary N) is 1. The molecule has 2 heterocycles. The zero-order valence-electron chi connectivity index (χ0n) is 14.3. The van der Waals surface area contributed by atoms with Gasteiger partial charge in [-0.05, 0) is 20.8 Å². The van der Waals surface area contributed by atoms with Crippen LogP contribution >= 0.6 is 7.60 Å². The Morgan fingerprint density at radius 3 is 2.60 bits per heavy atom. The number of hydrogen-bond acceptors (Lipinski definition) is 8. The first kappa shape index (κ1) is 20.0. The Morgan fingerprint density at radius 1 is 1.36 bits per heavy atom. The van der Waals surface area contributed by atoms with Gasteiger partial charge in [0.05, 0.1) is 13.2 Å². The summed E-state index contributed by atoms with van der Waals surface area (Å²) in [5.74, 6) is 0. The zero-order chi connectivity index (χ0) is 18.6. The quantitative estimate of drug-likeness (QED) is 0.632. The van der Waals surface area contributed by atoms with E-state index >= 15 is 0 Å². The molecule has 2 rings (SSSR count).